The van der Waals surface area contributed by atoms with Gasteiger partial charge in [-0.15, -0.1) is 0 Å². The Morgan fingerprint density at radius 2 is 1.81 bits per heavy atom. The molecule has 0 saturated carbocycles. The van der Waals surface area contributed by atoms with Gasteiger partial charge in [0.2, 0.25) is 5.95 Å². The van der Waals surface area contributed by atoms with Gasteiger partial charge in [0.1, 0.15) is 11.4 Å². The van der Waals surface area contributed by atoms with Crippen LogP contribution in [0.4, 0.5) is 5.95 Å². The number of amides is 1. The van der Waals surface area contributed by atoms with E-state index in [0.29, 0.717) is 12.2 Å². The number of nitrogen functional groups attached to an aromatic ring is 1. The van der Waals surface area contributed by atoms with Crippen molar-refractivity contribution in [3.63, 3.8) is 0 Å². The highest BCUT2D eigenvalue weighted by Gasteiger charge is 2.11. The number of rotatable bonds is 10. The predicted molar refractivity (Wildman–Crippen MR) is 104 cm³/mol. The Balaban J connectivity index is 1.98. The summed E-state index contributed by atoms with van der Waals surface area (Å²) in [5, 5.41) is 2.71. The lowest BCUT2D eigenvalue weighted by molar-refractivity contribution is 0.0951. The van der Waals surface area contributed by atoms with E-state index in [-0.39, 0.29) is 17.5 Å². The summed E-state index contributed by atoms with van der Waals surface area (Å²) in [6.07, 6.45) is 6.07. The quantitative estimate of drug-likeness (QED) is 0.632. The Morgan fingerprint density at radius 1 is 1.08 bits per heavy atom. The molecule has 0 fully saturated rings. The maximum atomic E-state index is 12.0. The fourth-order valence-electron chi connectivity index (χ4n) is 2.60. The van der Waals surface area contributed by atoms with E-state index in [1.54, 1.807) is 6.07 Å². The SMILES string of the molecule is CCCCCCCOc1ccc(-c2cc(C(=O)NCC)nc(N)n2)cc1. The molecular formula is C20H28N4O2. The van der Waals surface area contributed by atoms with Crippen molar-refractivity contribution in [2.24, 2.45) is 0 Å². The summed E-state index contributed by atoms with van der Waals surface area (Å²) in [7, 11) is 0. The van der Waals surface area contributed by atoms with Gasteiger partial charge in [0.15, 0.2) is 0 Å². The van der Waals surface area contributed by atoms with Crippen LogP contribution in [0.2, 0.25) is 0 Å². The smallest absolute Gasteiger partial charge is 0.270 e. The minimum Gasteiger partial charge on any atom is -0.494 e. The molecule has 0 aliphatic heterocycles. The lowest BCUT2D eigenvalue weighted by atomic mass is 10.1. The number of carbonyl (C=O) groups is 1. The second-order valence-electron chi connectivity index (χ2n) is 6.14. The van der Waals surface area contributed by atoms with Crippen molar-refractivity contribution >= 4 is 11.9 Å². The third-order valence-corrected chi connectivity index (χ3v) is 3.98. The Bertz CT molecular complexity index is 701. The minimum absolute atomic E-state index is 0.0798. The molecule has 2 rings (SSSR count). The van der Waals surface area contributed by atoms with E-state index in [1.165, 1.54) is 25.7 Å². The van der Waals surface area contributed by atoms with Gasteiger partial charge in [0.25, 0.3) is 5.91 Å². The van der Waals surface area contributed by atoms with Gasteiger partial charge in [0, 0.05) is 12.1 Å². The number of nitrogens with two attached hydrogens (primary N) is 1. The van der Waals surface area contributed by atoms with Crippen molar-refractivity contribution in [2.75, 3.05) is 18.9 Å². The number of carbonyl (C=O) groups excluding carboxylic acids is 1. The number of anilines is 1. The predicted octanol–water partition coefficient (Wildman–Crippen LogP) is 3.82. The lowest BCUT2D eigenvalue weighted by Crippen LogP contribution is -2.24. The van der Waals surface area contributed by atoms with Crippen LogP contribution in [0.15, 0.2) is 30.3 Å². The van der Waals surface area contributed by atoms with E-state index in [1.807, 2.05) is 31.2 Å². The number of aromatic nitrogens is 2. The van der Waals surface area contributed by atoms with E-state index < -0.39 is 0 Å². The highest BCUT2D eigenvalue weighted by atomic mass is 16.5. The van der Waals surface area contributed by atoms with Crippen molar-refractivity contribution in [1.29, 1.82) is 0 Å². The van der Waals surface area contributed by atoms with Crippen molar-refractivity contribution in [1.82, 2.24) is 15.3 Å². The number of nitrogens with one attached hydrogen (secondary N) is 1. The molecule has 0 spiro atoms. The van der Waals surface area contributed by atoms with Gasteiger partial charge in [0.05, 0.1) is 12.3 Å². The minimum atomic E-state index is -0.258. The number of hydrogen-bond donors (Lipinski definition) is 2. The molecule has 2 aromatic rings. The second kappa shape index (κ2) is 10.4. The molecule has 1 aromatic carbocycles. The average Bonchev–Trinajstić information content (AvgIpc) is 2.65. The van der Waals surface area contributed by atoms with Crippen LogP contribution < -0.4 is 15.8 Å². The van der Waals surface area contributed by atoms with Crippen molar-refractivity contribution in [2.45, 2.75) is 46.0 Å². The van der Waals surface area contributed by atoms with Crippen LogP contribution in [-0.4, -0.2) is 29.0 Å². The summed E-state index contributed by atoms with van der Waals surface area (Å²) in [5.74, 6) is 0.650. The first-order chi connectivity index (χ1) is 12.6. The monoisotopic (exact) mass is 356 g/mol. The third kappa shape index (κ3) is 6.02. The molecule has 0 aliphatic rings. The number of unbranched alkanes of at least 4 members (excludes halogenated alkanes) is 4. The van der Waals surface area contributed by atoms with Crippen LogP contribution >= 0.6 is 0 Å². The zero-order chi connectivity index (χ0) is 18.8. The molecule has 1 aromatic heterocycles. The standard InChI is InChI=1S/C20H28N4O2/c1-3-5-6-7-8-13-26-16-11-9-15(10-12-16)17-14-18(19(25)22-4-2)24-20(21)23-17/h9-12,14H,3-8,13H2,1-2H3,(H,22,25)(H2,21,23,24). The maximum absolute atomic E-state index is 12.0. The molecule has 6 nitrogen and oxygen atoms in total. The van der Waals surface area contributed by atoms with Crippen LogP contribution in [-0.2, 0) is 0 Å². The highest BCUT2D eigenvalue weighted by Crippen LogP contribution is 2.22. The van der Waals surface area contributed by atoms with Crippen molar-refractivity contribution in [3.05, 3.63) is 36.0 Å². The number of hydrogen-bond acceptors (Lipinski definition) is 5. The topological polar surface area (TPSA) is 90.1 Å². The van der Waals surface area contributed by atoms with E-state index >= 15 is 0 Å². The summed E-state index contributed by atoms with van der Waals surface area (Å²) < 4.78 is 5.77. The fraction of sp³-hybridized carbons (Fsp3) is 0.450. The molecule has 1 amide bonds. The Kier molecular flexibility index (Phi) is 7.86. The van der Waals surface area contributed by atoms with Crippen LogP contribution in [0, 0.1) is 0 Å². The summed E-state index contributed by atoms with van der Waals surface area (Å²) in [6.45, 7) is 5.32. The zero-order valence-corrected chi connectivity index (χ0v) is 15.6. The van der Waals surface area contributed by atoms with Gasteiger partial charge in [-0.3, -0.25) is 4.79 Å². The maximum Gasteiger partial charge on any atom is 0.270 e. The Morgan fingerprint density at radius 3 is 2.50 bits per heavy atom. The first-order valence-electron chi connectivity index (χ1n) is 9.30. The van der Waals surface area contributed by atoms with Crippen LogP contribution in [0.3, 0.4) is 0 Å². The molecule has 0 atom stereocenters. The van der Waals surface area contributed by atoms with Gasteiger partial charge in [-0.1, -0.05) is 32.6 Å². The molecule has 140 valence electrons. The summed E-state index contributed by atoms with van der Waals surface area (Å²) >= 11 is 0. The highest BCUT2D eigenvalue weighted by molar-refractivity contribution is 5.93. The molecule has 3 N–H and O–H groups in total. The molecule has 6 heteroatoms. The molecule has 1 heterocycles. The van der Waals surface area contributed by atoms with Crippen LogP contribution in [0.5, 0.6) is 5.75 Å². The summed E-state index contributed by atoms with van der Waals surface area (Å²) in [6, 6.07) is 9.28. The molecule has 0 saturated heterocycles. The zero-order valence-electron chi connectivity index (χ0n) is 15.6. The number of nitrogens with zero attached hydrogens (tertiary/aromatic N) is 2. The summed E-state index contributed by atoms with van der Waals surface area (Å²) in [5.41, 5.74) is 7.49. The molecule has 0 unspecified atom stereocenters. The van der Waals surface area contributed by atoms with Gasteiger partial charge in [-0.05, 0) is 43.7 Å². The van der Waals surface area contributed by atoms with Gasteiger partial charge in [-0.2, -0.15) is 0 Å². The van der Waals surface area contributed by atoms with E-state index in [2.05, 4.69) is 22.2 Å². The van der Waals surface area contributed by atoms with Crippen LogP contribution in [0.1, 0.15) is 56.4 Å². The molecule has 26 heavy (non-hydrogen) atoms. The van der Waals surface area contributed by atoms with E-state index in [9.17, 15) is 4.79 Å². The van der Waals surface area contributed by atoms with Gasteiger partial charge >= 0.3 is 0 Å². The molecule has 0 radical (unpaired) electrons. The average molecular weight is 356 g/mol. The third-order valence-electron chi connectivity index (χ3n) is 3.98. The Labute approximate surface area is 155 Å². The van der Waals surface area contributed by atoms with Gasteiger partial charge < -0.3 is 15.8 Å². The Hall–Kier alpha value is -2.63. The largest absolute Gasteiger partial charge is 0.494 e. The van der Waals surface area contributed by atoms with Crippen molar-refractivity contribution < 1.29 is 9.53 Å². The van der Waals surface area contributed by atoms with Crippen LogP contribution in [0.25, 0.3) is 11.3 Å². The lowest BCUT2D eigenvalue weighted by Gasteiger charge is -2.08. The molecular weight excluding hydrogens is 328 g/mol. The number of benzene rings is 1. The van der Waals surface area contributed by atoms with Crippen molar-refractivity contribution in [3.8, 4) is 17.0 Å². The fourth-order valence-corrected chi connectivity index (χ4v) is 2.60. The molecule has 0 bridgehead atoms. The first-order valence-corrected chi connectivity index (χ1v) is 9.30. The summed E-state index contributed by atoms with van der Waals surface area (Å²) in [4.78, 5) is 20.2. The normalized spacial score (nSPS) is 10.5. The van der Waals surface area contributed by atoms with Gasteiger partial charge in [-0.25, -0.2) is 9.97 Å². The second-order valence-corrected chi connectivity index (χ2v) is 6.14. The van der Waals surface area contributed by atoms with E-state index in [4.69, 9.17) is 10.5 Å². The first kappa shape index (κ1) is 19.7. The number of ether oxygens (including phenoxy) is 1. The molecule has 0 aliphatic carbocycles. The van der Waals surface area contributed by atoms with E-state index in [0.717, 1.165) is 24.3 Å².